The third-order valence-corrected chi connectivity index (χ3v) is 2.74. The number of pyridine rings is 1. The van der Waals surface area contributed by atoms with Crippen LogP contribution in [0, 0.1) is 11.8 Å². The van der Waals surface area contributed by atoms with Gasteiger partial charge in [0.15, 0.2) is 0 Å². The van der Waals surface area contributed by atoms with E-state index >= 15 is 0 Å². The second-order valence-electron chi connectivity index (χ2n) is 4.95. The fourth-order valence-corrected chi connectivity index (χ4v) is 1.87. The minimum absolute atomic E-state index is 0. The molecule has 0 fully saturated rings. The summed E-state index contributed by atoms with van der Waals surface area (Å²) < 4.78 is 5.22. The maximum Gasteiger partial charge on any atom is 0.306 e. The van der Waals surface area contributed by atoms with Gasteiger partial charge in [-0.2, -0.15) is 0 Å². The number of halogens is 2. The van der Waals surface area contributed by atoms with Crippen LogP contribution in [0.5, 0.6) is 0 Å². The van der Waals surface area contributed by atoms with Crippen LogP contribution in [0.2, 0.25) is 0 Å². The van der Waals surface area contributed by atoms with E-state index in [1.165, 1.54) is 0 Å². The molecular formula is C14H24Cl2N2O2. The van der Waals surface area contributed by atoms with Gasteiger partial charge in [-0.3, -0.25) is 9.78 Å². The minimum atomic E-state index is -0.178. The molecule has 1 aromatic rings. The summed E-state index contributed by atoms with van der Waals surface area (Å²) in [4.78, 5) is 15.6. The number of ether oxygens (including phenoxy) is 1. The first-order valence-electron chi connectivity index (χ1n) is 6.36. The lowest BCUT2D eigenvalue weighted by Crippen LogP contribution is -2.21. The molecule has 0 aromatic carbocycles. The van der Waals surface area contributed by atoms with Crippen LogP contribution in [0.4, 0.5) is 0 Å². The van der Waals surface area contributed by atoms with Gasteiger partial charge < -0.3 is 10.5 Å². The van der Waals surface area contributed by atoms with Gasteiger partial charge in [0.25, 0.3) is 0 Å². The average molecular weight is 323 g/mol. The van der Waals surface area contributed by atoms with Gasteiger partial charge in [-0.25, -0.2) is 0 Å². The smallest absolute Gasteiger partial charge is 0.306 e. The maximum atomic E-state index is 11.7. The van der Waals surface area contributed by atoms with Gasteiger partial charge in [0.2, 0.25) is 0 Å². The number of esters is 1. The van der Waals surface area contributed by atoms with Crippen LogP contribution in [0.25, 0.3) is 0 Å². The summed E-state index contributed by atoms with van der Waals surface area (Å²) in [7, 11) is 0. The fourth-order valence-electron chi connectivity index (χ4n) is 1.87. The van der Waals surface area contributed by atoms with E-state index < -0.39 is 0 Å². The molecule has 0 aliphatic heterocycles. The van der Waals surface area contributed by atoms with Gasteiger partial charge in [0.05, 0.1) is 0 Å². The molecule has 2 N–H and O–H groups in total. The summed E-state index contributed by atoms with van der Waals surface area (Å²) in [5.74, 6) is 0.587. The van der Waals surface area contributed by atoms with Gasteiger partial charge in [-0.05, 0) is 42.5 Å². The molecule has 0 saturated heterocycles. The van der Waals surface area contributed by atoms with E-state index in [4.69, 9.17) is 10.5 Å². The SMILES string of the molecule is CC(C)C[C@H](CN)CC(=O)OCc1ccncc1.Cl.Cl. The second kappa shape index (κ2) is 11.9. The molecule has 4 nitrogen and oxygen atoms in total. The third kappa shape index (κ3) is 9.13. The number of carbonyl (C=O) groups excluding carboxylic acids is 1. The molecule has 1 aromatic heterocycles. The molecule has 6 heteroatoms. The summed E-state index contributed by atoms with van der Waals surface area (Å²) in [5, 5.41) is 0. The van der Waals surface area contributed by atoms with Crippen molar-refractivity contribution in [1.29, 1.82) is 0 Å². The Hall–Kier alpha value is -0.840. The lowest BCUT2D eigenvalue weighted by molar-refractivity contribution is -0.146. The molecule has 0 saturated carbocycles. The van der Waals surface area contributed by atoms with E-state index in [0.717, 1.165) is 12.0 Å². The lowest BCUT2D eigenvalue weighted by atomic mass is 9.94. The highest BCUT2D eigenvalue weighted by atomic mass is 35.5. The van der Waals surface area contributed by atoms with Crippen LogP contribution in [-0.2, 0) is 16.1 Å². The Morgan fingerprint density at radius 2 is 1.90 bits per heavy atom. The van der Waals surface area contributed by atoms with E-state index in [1.54, 1.807) is 12.4 Å². The molecule has 1 atom stereocenters. The van der Waals surface area contributed by atoms with Crippen molar-refractivity contribution in [2.24, 2.45) is 17.6 Å². The van der Waals surface area contributed by atoms with Gasteiger partial charge in [-0.1, -0.05) is 13.8 Å². The Kier molecular flexibility index (Phi) is 12.8. The number of nitrogens with two attached hydrogens (primary N) is 1. The van der Waals surface area contributed by atoms with E-state index in [2.05, 4.69) is 18.8 Å². The zero-order valence-electron chi connectivity index (χ0n) is 12.0. The van der Waals surface area contributed by atoms with Crippen molar-refractivity contribution < 1.29 is 9.53 Å². The van der Waals surface area contributed by atoms with E-state index in [9.17, 15) is 4.79 Å². The van der Waals surface area contributed by atoms with Crippen LogP contribution in [-0.4, -0.2) is 17.5 Å². The van der Waals surface area contributed by atoms with Crippen molar-refractivity contribution in [2.75, 3.05) is 6.54 Å². The zero-order valence-corrected chi connectivity index (χ0v) is 13.6. The molecule has 0 aliphatic carbocycles. The van der Waals surface area contributed by atoms with Crippen molar-refractivity contribution in [3.63, 3.8) is 0 Å². The summed E-state index contributed by atoms with van der Waals surface area (Å²) >= 11 is 0. The first-order chi connectivity index (χ1) is 8.61. The van der Waals surface area contributed by atoms with Gasteiger partial charge in [-0.15, -0.1) is 24.8 Å². The van der Waals surface area contributed by atoms with Crippen molar-refractivity contribution in [3.05, 3.63) is 30.1 Å². The molecule has 0 radical (unpaired) electrons. The number of nitrogens with zero attached hydrogens (tertiary/aromatic N) is 1. The highest BCUT2D eigenvalue weighted by molar-refractivity contribution is 5.85. The van der Waals surface area contributed by atoms with Crippen LogP contribution in [0.3, 0.4) is 0 Å². The number of carbonyl (C=O) groups is 1. The number of aromatic nitrogens is 1. The highest BCUT2D eigenvalue weighted by Crippen LogP contribution is 2.15. The number of hydrogen-bond acceptors (Lipinski definition) is 4. The molecule has 1 heterocycles. The molecule has 1 rings (SSSR count). The molecular weight excluding hydrogens is 299 g/mol. The largest absolute Gasteiger partial charge is 0.461 e. The molecule has 0 spiro atoms. The van der Waals surface area contributed by atoms with E-state index in [-0.39, 0.29) is 36.7 Å². The summed E-state index contributed by atoms with van der Waals surface area (Å²) in [6.45, 7) is 5.10. The Bertz CT molecular complexity index is 361. The predicted octanol–water partition coefficient (Wildman–Crippen LogP) is 2.98. The number of hydrogen-bond donors (Lipinski definition) is 1. The second-order valence-corrected chi connectivity index (χ2v) is 4.95. The standard InChI is InChI=1S/C14H22N2O2.2ClH/c1-11(2)7-13(9-15)8-14(17)18-10-12-3-5-16-6-4-12;;/h3-6,11,13H,7-10,15H2,1-2H3;2*1H/t13-;;/m0../s1. The van der Waals surface area contributed by atoms with E-state index in [0.29, 0.717) is 25.5 Å². The average Bonchev–Trinajstić information content (AvgIpc) is 2.36. The normalized spacial score (nSPS) is 11.2. The predicted molar refractivity (Wildman–Crippen MR) is 85.1 cm³/mol. The summed E-state index contributed by atoms with van der Waals surface area (Å²) in [6.07, 6.45) is 4.73. The van der Waals surface area contributed by atoms with Gasteiger partial charge in [0, 0.05) is 18.8 Å². The lowest BCUT2D eigenvalue weighted by Gasteiger charge is -2.16. The van der Waals surface area contributed by atoms with Crippen LogP contribution in [0.15, 0.2) is 24.5 Å². The van der Waals surface area contributed by atoms with E-state index in [1.807, 2.05) is 12.1 Å². The minimum Gasteiger partial charge on any atom is -0.461 e. The Morgan fingerprint density at radius 1 is 1.30 bits per heavy atom. The Balaban J connectivity index is 0. The topological polar surface area (TPSA) is 65.2 Å². The fraction of sp³-hybridized carbons (Fsp3) is 0.571. The quantitative estimate of drug-likeness (QED) is 0.784. The Morgan fingerprint density at radius 3 is 2.40 bits per heavy atom. The molecule has 0 aliphatic rings. The van der Waals surface area contributed by atoms with Crippen LogP contribution in [0.1, 0.15) is 32.3 Å². The first kappa shape index (κ1) is 21.5. The molecule has 0 amide bonds. The highest BCUT2D eigenvalue weighted by Gasteiger charge is 2.15. The monoisotopic (exact) mass is 322 g/mol. The zero-order chi connectivity index (χ0) is 13.4. The summed E-state index contributed by atoms with van der Waals surface area (Å²) in [5.41, 5.74) is 6.61. The van der Waals surface area contributed by atoms with Gasteiger partial charge in [0.1, 0.15) is 6.61 Å². The van der Waals surface area contributed by atoms with Crippen molar-refractivity contribution in [3.8, 4) is 0 Å². The van der Waals surface area contributed by atoms with Crippen molar-refractivity contribution in [1.82, 2.24) is 4.98 Å². The van der Waals surface area contributed by atoms with Crippen molar-refractivity contribution in [2.45, 2.75) is 33.3 Å². The molecule has 0 unspecified atom stereocenters. The first-order valence-corrected chi connectivity index (χ1v) is 6.36. The molecule has 0 bridgehead atoms. The maximum absolute atomic E-state index is 11.7. The van der Waals surface area contributed by atoms with Crippen LogP contribution < -0.4 is 5.73 Å². The van der Waals surface area contributed by atoms with Gasteiger partial charge >= 0.3 is 5.97 Å². The summed E-state index contributed by atoms with van der Waals surface area (Å²) in [6, 6.07) is 3.67. The van der Waals surface area contributed by atoms with Crippen molar-refractivity contribution >= 4 is 30.8 Å². The third-order valence-electron chi connectivity index (χ3n) is 2.74. The molecule has 116 valence electrons. The van der Waals surface area contributed by atoms with Crippen LogP contribution >= 0.6 is 24.8 Å². The molecule has 20 heavy (non-hydrogen) atoms. The Labute approximate surface area is 133 Å². The number of rotatable bonds is 7.